The zero-order valence-electron chi connectivity index (χ0n) is 15.7. The number of hydrogen-bond acceptors (Lipinski definition) is 7. The summed E-state index contributed by atoms with van der Waals surface area (Å²) in [5.41, 5.74) is 3.11. The summed E-state index contributed by atoms with van der Waals surface area (Å²) < 4.78 is 4.69. The van der Waals surface area contributed by atoms with E-state index in [9.17, 15) is 14.9 Å². The number of rotatable bonds is 6. The Morgan fingerprint density at radius 2 is 1.79 bits per heavy atom. The second-order valence-electron chi connectivity index (χ2n) is 7.12. The van der Waals surface area contributed by atoms with Gasteiger partial charge >= 0.3 is 0 Å². The van der Waals surface area contributed by atoms with Crippen molar-refractivity contribution in [2.75, 3.05) is 19.6 Å². The largest absolute Gasteiger partial charge is 0.303 e. The first-order chi connectivity index (χ1) is 13.6. The van der Waals surface area contributed by atoms with Crippen molar-refractivity contribution in [1.82, 2.24) is 15.2 Å². The summed E-state index contributed by atoms with van der Waals surface area (Å²) in [5, 5.41) is 18.3. The van der Waals surface area contributed by atoms with Crippen LogP contribution in [-0.2, 0) is 6.42 Å². The van der Waals surface area contributed by atoms with Crippen molar-refractivity contribution in [2.24, 2.45) is 5.92 Å². The van der Waals surface area contributed by atoms with Gasteiger partial charge in [-0.3, -0.25) is 14.9 Å². The molecule has 0 spiro atoms. The van der Waals surface area contributed by atoms with Gasteiger partial charge in [0.25, 0.3) is 5.69 Å². The SMILES string of the molecule is Cl.O=C(c1ccc2nonc2c1)C1CCN(CCc2ccc([N+](=O)[O-])cc2)CC1. The molecular formula is C20H21ClN4O4. The molecule has 1 saturated heterocycles. The maximum Gasteiger partial charge on any atom is 0.269 e. The monoisotopic (exact) mass is 416 g/mol. The molecule has 0 amide bonds. The van der Waals surface area contributed by atoms with E-state index in [1.165, 1.54) is 0 Å². The first kappa shape index (κ1) is 20.9. The summed E-state index contributed by atoms with van der Waals surface area (Å²) in [4.78, 5) is 25.5. The van der Waals surface area contributed by atoms with Gasteiger partial charge in [-0.15, -0.1) is 12.4 Å². The Kier molecular flexibility index (Phi) is 6.56. The zero-order valence-corrected chi connectivity index (χ0v) is 16.5. The fraction of sp³-hybridized carbons (Fsp3) is 0.350. The van der Waals surface area contributed by atoms with E-state index in [0.717, 1.165) is 44.5 Å². The summed E-state index contributed by atoms with van der Waals surface area (Å²) in [6.45, 7) is 2.63. The third kappa shape index (κ3) is 4.78. The Bertz CT molecular complexity index is 997. The highest BCUT2D eigenvalue weighted by atomic mass is 35.5. The molecule has 1 aliphatic rings. The highest BCUT2D eigenvalue weighted by Gasteiger charge is 2.26. The van der Waals surface area contributed by atoms with Crippen molar-refractivity contribution in [3.05, 3.63) is 63.7 Å². The maximum atomic E-state index is 12.8. The molecule has 0 saturated carbocycles. The molecular weight excluding hydrogens is 396 g/mol. The molecule has 4 rings (SSSR count). The molecule has 0 unspecified atom stereocenters. The predicted molar refractivity (Wildman–Crippen MR) is 109 cm³/mol. The number of fused-ring (bicyclic) bond motifs is 1. The fourth-order valence-electron chi connectivity index (χ4n) is 3.66. The van der Waals surface area contributed by atoms with E-state index in [1.54, 1.807) is 30.3 Å². The topological polar surface area (TPSA) is 102 Å². The summed E-state index contributed by atoms with van der Waals surface area (Å²) >= 11 is 0. The van der Waals surface area contributed by atoms with Crippen LogP contribution in [0.5, 0.6) is 0 Å². The number of halogens is 1. The second-order valence-corrected chi connectivity index (χ2v) is 7.12. The van der Waals surface area contributed by atoms with Crippen LogP contribution in [0, 0.1) is 16.0 Å². The van der Waals surface area contributed by atoms with E-state index in [0.29, 0.717) is 16.6 Å². The molecule has 0 aliphatic carbocycles. The number of nitrogens with zero attached hydrogens (tertiary/aromatic N) is 4. The number of aromatic nitrogens is 2. The van der Waals surface area contributed by atoms with Gasteiger partial charge in [-0.1, -0.05) is 12.1 Å². The molecule has 9 heteroatoms. The molecule has 3 aromatic rings. The van der Waals surface area contributed by atoms with Gasteiger partial charge in [0.05, 0.1) is 4.92 Å². The summed E-state index contributed by atoms with van der Waals surface area (Å²) in [6.07, 6.45) is 2.49. The Balaban J connectivity index is 0.00000240. The average Bonchev–Trinajstić information content (AvgIpc) is 3.20. The summed E-state index contributed by atoms with van der Waals surface area (Å²) in [6, 6.07) is 12.0. The Morgan fingerprint density at radius 1 is 1.10 bits per heavy atom. The van der Waals surface area contributed by atoms with E-state index >= 15 is 0 Å². The van der Waals surface area contributed by atoms with Gasteiger partial charge in [0, 0.05) is 30.2 Å². The number of carbonyl (C=O) groups is 1. The lowest BCUT2D eigenvalue weighted by Gasteiger charge is -2.31. The number of nitro benzene ring substituents is 1. The van der Waals surface area contributed by atoms with Gasteiger partial charge in [-0.25, -0.2) is 4.63 Å². The van der Waals surface area contributed by atoms with Crippen molar-refractivity contribution in [2.45, 2.75) is 19.3 Å². The number of ketones is 1. The highest BCUT2D eigenvalue weighted by Crippen LogP contribution is 2.23. The molecule has 8 nitrogen and oxygen atoms in total. The fourth-order valence-corrected chi connectivity index (χ4v) is 3.66. The van der Waals surface area contributed by atoms with Crippen molar-refractivity contribution < 1.29 is 14.3 Å². The lowest BCUT2D eigenvalue weighted by Crippen LogP contribution is -2.37. The molecule has 2 aromatic carbocycles. The molecule has 0 bridgehead atoms. The molecule has 152 valence electrons. The van der Waals surface area contributed by atoms with E-state index in [-0.39, 0.29) is 34.7 Å². The van der Waals surface area contributed by atoms with Gasteiger partial charge in [0.1, 0.15) is 11.0 Å². The average molecular weight is 417 g/mol. The van der Waals surface area contributed by atoms with E-state index < -0.39 is 0 Å². The third-order valence-electron chi connectivity index (χ3n) is 5.36. The van der Waals surface area contributed by atoms with Crippen LogP contribution in [0.1, 0.15) is 28.8 Å². The molecule has 0 N–H and O–H groups in total. The standard InChI is InChI=1S/C20H20N4O4.ClH/c25-20(16-3-6-18-19(13-16)22-28-21-18)15-8-11-23(12-9-15)10-7-14-1-4-17(5-2-14)24(26)27;/h1-6,13,15H,7-12H2;1H. The number of Topliss-reactive ketones (excluding diaryl/α,β-unsaturated/α-hetero) is 1. The van der Waals surface area contributed by atoms with Crippen molar-refractivity contribution in [1.29, 1.82) is 0 Å². The smallest absolute Gasteiger partial charge is 0.269 e. The van der Waals surface area contributed by atoms with Gasteiger partial charge in [0.2, 0.25) is 0 Å². The summed E-state index contributed by atoms with van der Waals surface area (Å²) in [7, 11) is 0. The summed E-state index contributed by atoms with van der Waals surface area (Å²) in [5.74, 6) is 0.174. The van der Waals surface area contributed by atoms with Crippen LogP contribution < -0.4 is 0 Å². The number of nitro groups is 1. The number of carbonyl (C=O) groups excluding carboxylic acids is 1. The Labute approximate surface area is 173 Å². The molecule has 1 fully saturated rings. The van der Waals surface area contributed by atoms with E-state index in [4.69, 9.17) is 0 Å². The van der Waals surface area contributed by atoms with Gasteiger partial charge in [-0.2, -0.15) is 0 Å². The minimum absolute atomic E-state index is 0. The molecule has 0 radical (unpaired) electrons. The van der Waals surface area contributed by atoms with Crippen molar-refractivity contribution in [3.8, 4) is 0 Å². The molecule has 2 heterocycles. The Hall–Kier alpha value is -2.84. The van der Waals surface area contributed by atoms with Crippen LogP contribution in [0.3, 0.4) is 0 Å². The normalized spacial score (nSPS) is 15.2. The zero-order chi connectivity index (χ0) is 19.5. The van der Waals surface area contributed by atoms with Crippen LogP contribution in [-0.4, -0.2) is 45.6 Å². The van der Waals surface area contributed by atoms with Crippen LogP contribution in [0.2, 0.25) is 0 Å². The number of non-ortho nitro benzene ring substituents is 1. The molecule has 1 aromatic heterocycles. The van der Waals surface area contributed by atoms with Crippen molar-refractivity contribution in [3.63, 3.8) is 0 Å². The Morgan fingerprint density at radius 3 is 2.48 bits per heavy atom. The van der Waals surface area contributed by atoms with Crippen LogP contribution in [0.4, 0.5) is 5.69 Å². The first-order valence-electron chi connectivity index (χ1n) is 9.32. The minimum atomic E-state index is -0.386. The number of piperidine rings is 1. The lowest BCUT2D eigenvalue weighted by atomic mass is 9.88. The number of likely N-dealkylation sites (tertiary alicyclic amines) is 1. The van der Waals surface area contributed by atoms with E-state index in [2.05, 4.69) is 19.8 Å². The third-order valence-corrected chi connectivity index (χ3v) is 5.36. The molecule has 0 atom stereocenters. The predicted octanol–water partition coefficient (Wildman–Crippen LogP) is 3.69. The minimum Gasteiger partial charge on any atom is -0.303 e. The quantitative estimate of drug-likeness (QED) is 0.343. The molecule has 29 heavy (non-hydrogen) atoms. The number of benzene rings is 2. The van der Waals surface area contributed by atoms with Gasteiger partial charge in [-0.05, 0) is 66.4 Å². The van der Waals surface area contributed by atoms with Crippen molar-refractivity contribution >= 4 is 34.9 Å². The number of hydrogen-bond donors (Lipinski definition) is 0. The lowest BCUT2D eigenvalue weighted by molar-refractivity contribution is -0.384. The highest BCUT2D eigenvalue weighted by molar-refractivity contribution is 6.00. The van der Waals surface area contributed by atoms with Crippen LogP contribution >= 0.6 is 12.4 Å². The maximum absolute atomic E-state index is 12.8. The molecule has 1 aliphatic heterocycles. The van der Waals surface area contributed by atoms with Gasteiger partial charge < -0.3 is 4.90 Å². The van der Waals surface area contributed by atoms with E-state index in [1.807, 2.05) is 12.1 Å². The van der Waals surface area contributed by atoms with Gasteiger partial charge in [0.15, 0.2) is 5.78 Å². The van der Waals surface area contributed by atoms with Crippen LogP contribution in [0.15, 0.2) is 47.1 Å². The second kappa shape index (κ2) is 9.11. The van der Waals surface area contributed by atoms with Crippen LogP contribution in [0.25, 0.3) is 11.0 Å². The first-order valence-corrected chi connectivity index (χ1v) is 9.32.